The standard InChI is InChI=1S/C26H25N3O4S/c30-15-17-7-9-18(10-8-17)16-32-25-13-19(23-6-3-11-34-23)12-22(33-25)26(31)27-14-24-28-20-4-1-2-5-21(20)29-24/h1-12,19,25,30H,13-16H2,(H,27,31)(H,28,29)/t19-,25+/m1/s1. The van der Waals surface area contributed by atoms with Crippen LogP contribution in [0.2, 0.25) is 0 Å². The molecule has 3 heterocycles. The Balaban J connectivity index is 1.26. The summed E-state index contributed by atoms with van der Waals surface area (Å²) in [6.45, 7) is 0.620. The van der Waals surface area contributed by atoms with Gasteiger partial charge in [0.05, 0.1) is 30.8 Å². The van der Waals surface area contributed by atoms with Crippen LogP contribution in [-0.4, -0.2) is 27.3 Å². The number of carbonyl (C=O) groups is 1. The van der Waals surface area contributed by atoms with Crippen molar-refractivity contribution in [3.8, 4) is 0 Å². The van der Waals surface area contributed by atoms with Crippen LogP contribution in [0.4, 0.5) is 0 Å². The number of carbonyl (C=O) groups excluding carboxylic acids is 1. The molecule has 0 radical (unpaired) electrons. The van der Waals surface area contributed by atoms with E-state index in [4.69, 9.17) is 9.47 Å². The van der Waals surface area contributed by atoms with Crippen molar-refractivity contribution in [2.75, 3.05) is 0 Å². The summed E-state index contributed by atoms with van der Waals surface area (Å²) in [6, 6.07) is 19.4. The molecule has 1 aliphatic rings. The third-order valence-corrected chi connectivity index (χ3v) is 6.69. The zero-order valence-corrected chi connectivity index (χ0v) is 19.3. The lowest BCUT2D eigenvalue weighted by molar-refractivity contribution is -0.150. The summed E-state index contributed by atoms with van der Waals surface area (Å²) in [4.78, 5) is 21.9. The van der Waals surface area contributed by atoms with E-state index in [9.17, 15) is 9.90 Å². The number of nitrogens with one attached hydrogen (secondary N) is 2. The number of aliphatic hydroxyl groups excluding tert-OH is 1. The summed E-state index contributed by atoms with van der Waals surface area (Å²) in [5.41, 5.74) is 3.61. The number of hydrogen-bond donors (Lipinski definition) is 3. The topological polar surface area (TPSA) is 96.5 Å². The minimum Gasteiger partial charge on any atom is -0.459 e. The number of para-hydroxylation sites is 2. The van der Waals surface area contributed by atoms with Crippen LogP contribution in [0.3, 0.4) is 0 Å². The Bertz CT molecular complexity index is 1250. The molecular formula is C26H25N3O4S. The Morgan fingerprint density at radius 3 is 2.74 bits per heavy atom. The second kappa shape index (κ2) is 10.2. The van der Waals surface area contributed by atoms with Gasteiger partial charge in [-0.15, -0.1) is 11.3 Å². The molecule has 0 bridgehead atoms. The number of nitrogens with zero attached hydrogens (tertiary/aromatic N) is 1. The normalized spacial score (nSPS) is 17.9. The maximum absolute atomic E-state index is 13.0. The van der Waals surface area contributed by atoms with Crippen molar-refractivity contribution in [3.05, 3.63) is 99.7 Å². The van der Waals surface area contributed by atoms with E-state index in [1.54, 1.807) is 11.3 Å². The van der Waals surface area contributed by atoms with E-state index in [0.29, 0.717) is 18.9 Å². The molecule has 4 aromatic rings. The highest BCUT2D eigenvalue weighted by molar-refractivity contribution is 7.10. The number of aliphatic hydroxyl groups is 1. The highest BCUT2D eigenvalue weighted by Gasteiger charge is 2.29. The fourth-order valence-corrected chi connectivity index (χ4v) is 4.70. The molecular weight excluding hydrogens is 450 g/mol. The number of amides is 1. The number of aromatic nitrogens is 2. The number of fused-ring (bicyclic) bond motifs is 1. The van der Waals surface area contributed by atoms with Crippen LogP contribution in [0.5, 0.6) is 0 Å². The van der Waals surface area contributed by atoms with Crippen LogP contribution in [-0.2, 0) is 34.0 Å². The van der Waals surface area contributed by atoms with Gasteiger partial charge in [0, 0.05) is 17.2 Å². The molecule has 2 atom stereocenters. The fourth-order valence-electron chi connectivity index (χ4n) is 3.89. The SMILES string of the molecule is O=C(NCc1nc2ccccc2[nH]1)C1=C[C@@H](c2cccs2)C[C@@H](OCc2ccc(CO)cc2)O1. The third kappa shape index (κ3) is 5.20. The molecule has 2 aromatic heterocycles. The summed E-state index contributed by atoms with van der Waals surface area (Å²) >= 11 is 1.65. The minimum atomic E-state index is -0.554. The molecule has 1 amide bonds. The number of thiophene rings is 1. The zero-order valence-electron chi connectivity index (χ0n) is 18.4. The molecule has 2 aromatic carbocycles. The van der Waals surface area contributed by atoms with Gasteiger partial charge in [0.1, 0.15) is 5.82 Å². The van der Waals surface area contributed by atoms with Crippen molar-refractivity contribution in [1.29, 1.82) is 0 Å². The lowest BCUT2D eigenvalue weighted by Crippen LogP contribution is -2.32. The molecule has 3 N–H and O–H groups in total. The van der Waals surface area contributed by atoms with Gasteiger partial charge in [-0.3, -0.25) is 4.79 Å². The molecule has 0 unspecified atom stereocenters. The Morgan fingerprint density at radius 1 is 1.15 bits per heavy atom. The number of rotatable bonds is 8. The van der Waals surface area contributed by atoms with E-state index in [0.717, 1.165) is 27.0 Å². The van der Waals surface area contributed by atoms with Gasteiger partial charge >= 0.3 is 0 Å². The van der Waals surface area contributed by atoms with Gasteiger partial charge in [-0.2, -0.15) is 0 Å². The first-order chi connectivity index (χ1) is 16.7. The molecule has 34 heavy (non-hydrogen) atoms. The summed E-state index contributed by atoms with van der Waals surface area (Å²) in [6.07, 6.45) is 1.94. The second-order valence-electron chi connectivity index (χ2n) is 8.10. The van der Waals surface area contributed by atoms with Crippen LogP contribution in [0.15, 0.2) is 77.9 Å². The highest BCUT2D eigenvalue weighted by atomic mass is 32.1. The number of hydrogen-bond acceptors (Lipinski definition) is 6. The maximum atomic E-state index is 13.0. The Labute approximate surface area is 201 Å². The second-order valence-corrected chi connectivity index (χ2v) is 9.08. The van der Waals surface area contributed by atoms with Crippen molar-refractivity contribution >= 4 is 28.3 Å². The highest BCUT2D eigenvalue weighted by Crippen LogP contribution is 2.34. The van der Waals surface area contributed by atoms with Crippen molar-refractivity contribution in [1.82, 2.24) is 15.3 Å². The molecule has 0 fully saturated rings. The molecule has 8 heteroatoms. The van der Waals surface area contributed by atoms with E-state index in [1.807, 2.05) is 66.1 Å². The monoisotopic (exact) mass is 475 g/mol. The number of ether oxygens (including phenoxy) is 2. The summed E-state index contributed by atoms with van der Waals surface area (Å²) in [5.74, 6) is 0.659. The van der Waals surface area contributed by atoms with Gasteiger partial charge < -0.3 is 24.9 Å². The van der Waals surface area contributed by atoms with Crippen LogP contribution in [0.1, 0.15) is 34.2 Å². The third-order valence-electron chi connectivity index (χ3n) is 5.69. The van der Waals surface area contributed by atoms with Crippen molar-refractivity contribution in [2.24, 2.45) is 0 Å². The maximum Gasteiger partial charge on any atom is 0.286 e. The van der Waals surface area contributed by atoms with Gasteiger partial charge in [-0.25, -0.2) is 4.98 Å². The van der Waals surface area contributed by atoms with Crippen molar-refractivity contribution < 1.29 is 19.4 Å². The first kappa shape index (κ1) is 22.3. The number of allylic oxidation sites excluding steroid dienone is 1. The molecule has 0 spiro atoms. The Hall–Kier alpha value is -3.46. The molecule has 0 saturated heterocycles. The predicted molar refractivity (Wildman–Crippen MR) is 130 cm³/mol. The van der Waals surface area contributed by atoms with E-state index >= 15 is 0 Å². The number of aromatic amines is 1. The van der Waals surface area contributed by atoms with Gasteiger partial charge in [0.25, 0.3) is 5.91 Å². The lowest BCUT2D eigenvalue weighted by atomic mass is 9.99. The van der Waals surface area contributed by atoms with Gasteiger partial charge in [0.2, 0.25) is 6.29 Å². The Morgan fingerprint density at radius 2 is 1.97 bits per heavy atom. The van der Waals surface area contributed by atoms with E-state index < -0.39 is 6.29 Å². The van der Waals surface area contributed by atoms with Crippen LogP contribution in [0.25, 0.3) is 11.0 Å². The quantitative estimate of drug-likeness (QED) is 0.352. The Kier molecular flexibility index (Phi) is 6.71. The van der Waals surface area contributed by atoms with Crippen molar-refractivity contribution in [2.45, 2.75) is 38.4 Å². The molecule has 7 nitrogen and oxygen atoms in total. The number of H-pyrrole nitrogens is 1. The predicted octanol–water partition coefficient (Wildman–Crippen LogP) is 4.36. The van der Waals surface area contributed by atoms with Crippen LogP contribution >= 0.6 is 11.3 Å². The average Bonchev–Trinajstić information content (AvgIpc) is 3.56. The number of imidazole rings is 1. The zero-order chi connectivity index (χ0) is 23.3. The van der Waals surface area contributed by atoms with Gasteiger partial charge in [-0.05, 0) is 40.8 Å². The summed E-state index contributed by atoms with van der Waals surface area (Å²) < 4.78 is 12.0. The summed E-state index contributed by atoms with van der Waals surface area (Å²) in [5, 5.41) is 14.1. The molecule has 1 aliphatic heterocycles. The average molecular weight is 476 g/mol. The molecule has 0 saturated carbocycles. The van der Waals surface area contributed by atoms with Crippen LogP contribution < -0.4 is 5.32 Å². The minimum absolute atomic E-state index is 0.00661. The van der Waals surface area contributed by atoms with Crippen LogP contribution in [0, 0.1) is 0 Å². The number of benzene rings is 2. The largest absolute Gasteiger partial charge is 0.459 e. The van der Waals surface area contributed by atoms with E-state index in [-0.39, 0.29) is 30.7 Å². The molecule has 174 valence electrons. The molecule has 5 rings (SSSR count). The smallest absolute Gasteiger partial charge is 0.286 e. The summed E-state index contributed by atoms with van der Waals surface area (Å²) in [7, 11) is 0. The lowest BCUT2D eigenvalue weighted by Gasteiger charge is -2.28. The fraction of sp³-hybridized carbons (Fsp3) is 0.231. The first-order valence-corrected chi connectivity index (χ1v) is 12.0. The van der Waals surface area contributed by atoms with Gasteiger partial charge in [-0.1, -0.05) is 42.5 Å². The first-order valence-electron chi connectivity index (χ1n) is 11.1. The van der Waals surface area contributed by atoms with E-state index in [2.05, 4.69) is 21.4 Å². The van der Waals surface area contributed by atoms with Crippen molar-refractivity contribution in [3.63, 3.8) is 0 Å². The van der Waals surface area contributed by atoms with Gasteiger partial charge in [0.15, 0.2) is 5.76 Å². The van der Waals surface area contributed by atoms with E-state index in [1.165, 1.54) is 0 Å². The molecule has 0 aliphatic carbocycles.